The first-order valence-electron chi connectivity index (χ1n) is 9.36. The van der Waals surface area contributed by atoms with Crippen molar-refractivity contribution in [2.75, 3.05) is 26.2 Å². The van der Waals surface area contributed by atoms with Gasteiger partial charge in [-0.15, -0.1) is 0 Å². The molecule has 0 radical (unpaired) electrons. The van der Waals surface area contributed by atoms with Crippen LogP contribution in [-0.4, -0.2) is 48.8 Å². The number of nitrogens with zero attached hydrogens (tertiary/aromatic N) is 2. The molecule has 2 aromatic carbocycles. The van der Waals surface area contributed by atoms with Crippen molar-refractivity contribution in [1.29, 1.82) is 0 Å². The average Bonchev–Trinajstić information content (AvgIpc) is 2.69. The molecule has 4 rings (SSSR count). The third-order valence-corrected chi connectivity index (χ3v) is 6.99. The van der Waals surface area contributed by atoms with Gasteiger partial charge in [0.1, 0.15) is 0 Å². The standard InChI is InChI=1S/C21H23N3O3S/c25-21-19(14-18-8-4-5-9-20(18)22-21)15-23-10-12-24(13-11-23)28(26,27)16-17-6-2-1-3-7-17/h1-9,14H,10-13,15-16H2,(H,22,25). The van der Waals surface area contributed by atoms with Crippen molar-refractivity contribution in [3.63, 3.8) is 0 Å². The van der Waals surface area contributed by atoms with Gasteiger partial charge in [0.2, 0.25) is 10.0 Å². The lowest BCUT2D eigenvalue weighted by Crippen LogP contribution is -2.48. The molecule has 0 bridgehead atoms. The molecule has 3 aromatic rings. The number of aromatic amines is 1. The fourth-order valence-corrected chi connectivity index (χ4v) is 5.11. The lowest BCUT2D eigenvalue weighted by molar-refractivity contribution is 0.181. The molecule has 146 valence electrons. The highest BCUT2D eigenvalue weighted by Gasteiger charge is 2.27. The summed E-state index contributed by atoms with van der Waals surface area (Å²) in [5.41, 5.74) is 2.25. The second-order valence-electron chi connectivity index (χ2n) is 7.13. The van der Waals surface area contributed by atoms with E-state index >= 15 is 0 Å². The van der Waals surface area contributed by atoms with Crippen LogP contribution in [0.3, 0.4) is 0 Å². The van der Waals surface area contributed by atoms with E-state index in [1.54, 1.807) is 4.31 Å². The molecular weight excluding hydrogens is 374 g/mol. The van der Waals surface area contributed by atoms with Crippen LogP contribution in [0.15, 0.2) is 65.5 Å². The van der Waals surface area contributed by atoms with Crippen molar-refractivity contribution in [3.8, 4) is 0 Å². The molecule has 0 amide bonds. The largest absolute Gasteiger partial charge is 0.322 e. The molecule has 7 heteroatoms. The molecule has 2 heterocycles. The Morgan fingerprint density at radius 1 is 0.893 bits per heavy atom. The van der Waals surface area contributed by atoms with Crippen molar-refractivity contribution in [2.45, 2.75) is 12.3 Å². The summed E-state index contributed by atoms with van der Waals surface area (Å²) in [7, 11) is -3.33. The number of nitrogens with one attached hydrogen (secondary N) is 1. The maximum Gasteiger partial charge on any atom is 0.252 e. The highest BCUT2D eigenvalue weighted by Crippen LogP contribution is 2.16. The van der Waals surface area contributed by atoms with Crippen LogP contribution in [-0.2, 0) is 22.3 Å². The van der Waals surface area contributed by atoms with Gasteiger partial charge in [-0.05, 0) is 23.1 Å². The van der Waals surface area contributed by atoms with Crippen LogP contribution < -0.4 is 5.56 Å². The molecule has 0 aliphatic carbocycles. The summed E-state index contributed by atoms with van der Waals surface area (Å²) in [5.74, 6) is 0.0260. The van der Waals surface area contributed by atoms with Gasteiger partial charge in [-0.3, -0.25) is 9.69 Å². The molecule has 6 nitrogen and oxygen atoms in total. The van der Waals surface area contributed by atoms with Crippen molar-refractivity contribution < 1.29 is 8.42 Å². The van der Waals surface area contributed by atoms with Crippen molar-refractivity contribution >= 4 is 20.9 Å². The highest BCUT2D eigenvalue weighted by atomic mass is 32.2. The maximum absolute atomic E-state index is 12.7. The number of benzene rings is 2. The number of hydrogen-bond acceptors (Lipinski definition) is 4. The number of hydrogen-bond donors (Lipinski definition) is 1. The Kier molecular flexibility index (Phi) is 5.30. The molecule has 0 saturated carbocycles. The zero-order valence-corrected chi connectivity index (χ0v) is 16.4. The van der Waals surface area contributed by atoms with Crippen LogP contribution in [0.5, 0.6) is 0 Å². The van der Waals surface area contributed by atoms with E-state index in [2.05, 4.69) is 9.88 Å². The summed E-state index contributed by atoms with van der Waals surface area (Å²) in [6, 6.07) is 18.9. The van der Waals surface area contributed by atoms with Crippen molar-refractivity contribution in [3.05, 3.63) is 82.1 Å². The number of para-hydroxylation sites is 1. The number of fused-ring (bicyclic) bond motifs is 1. The molecule has 1 aromatic heterocycles. The fraction of sp³-hybridized carbons (Fsp3) is 0.286. The monoisotopic (exact) mass is 397 g/mol. The van der Waals surface area contributed by atoms with Crippen LogP contribution >= 0.6 is 0 Å². The summed E-state index contributed by atoms with van der Waals surface area (Å²) < 4.78 is 26.9. The van der Waals surface area contributed by atoms with Crippen LogP contribution in [0.2, 0.25) is 0 Å². The molecule has 1 aliphatic rings. The number of sulfonamides is 1. The number of rotatable bonds is 5. The second kappa shape index (κ2) is 7.87. The minimum Gasteiger partial charge on any atom is -0.322 e. The molecule has 1 saturated heterocycles. The summed E-state index contributed by atoms with van der Waals surface area (Å²) >= 11 is 0. The summed E-state index contributed by atoms with van der Waals surface area (Å²) in [4.78, 5) is 17.4. The average molecular weight is 398 g/mol. The molecular formula is C21H23N3O3S. The van der Waals surface area contributed by atoms with Gasteiger partial charge in [0.05, 0.1) is 5.75 Å². The zero-order valence-electron chi connectivity index (χ0n) is 15.5. The topological polar surface area (TPSA) is 73.5 Å². The quantitative estimate of drug-likeness (QED) is 0.716. The van der Waals surface area contributed by atoms with Gasteiger partial charge in [0, 0.05) is 43.8 Å². The van der Waals surface area contributed by atoms with Crippen LogP contribution in [0.25, 0.3) is 10.9 Å². The van der Waals surface area contributed by atoms with Gasteiger partial charge in [0.15, 0.2) is 0 Å². The lowest BCUT2D eigenvalue weighted by atomic mass is 10.1. The Morgan fingerprint density at radius 3 is 2.32 bits per heavy atom. The van der Waals surface area contributed by atoms with Crippen molar-refractivity contribution in [1.82, 2.24) is 14.2 Å². The van der Waals surface area contributed by atoms with Gasteiger partial charge in [-0.1, -0.05) is 48.5 Å². The second-order valence-corrected chi connectivity index (χ2v) is 9.10. The lowest BCUT2D eigenvalue weighted by Gasteiger charge is -2.33. The SMILES string of the molecule is O=c1[nH]c2ccccc2cc1CN1CCN(S(=O)(=O)Cc2ccccc2)CC1. The first-order chi connectivity index (χ1) is 13.5. The van der Waals surface area contributed by atoms with E-state index in [9.17, 15) is 13.2 Å². The van der Waals surface area contributed by atoms with E-state index in [1.807, 2.05) is 60.7 Å². The normalized spacial score (nSPS) is 16.4. The van der Waals surface area contributed by atoms with Gasteiger partial charge >= 0.3 is 0 Å². The third-order valence-electron chi connectivity index (χ3n) is 5.14. The predicted octanol–water partition coefficient (Wildman–Crippen LogP) is 2.18. The Bertz CT molecular complexity index is 1120. The van der Waals surface area contributed by atoms with Crippen molar-refractivity contribution in [2.24, 2.45) is 0 Å². The van der Waals surface area contributed by atoms with E-state index in [-0.39, 0.29) is 11.3 Å². The Balaban J connectivity index is 1.40. The molecule has 28 heavy (non-hydrogen) atoms. The van der Waals surface area contributed by atoms with Crippen LogP contribution in [0, 0.1) is 0 Å². The smallest absolute Gasteiger partial charge is 0.252 e. The number of piperazine rings is 1. The summed E-state index contributed by atoms with van der Waals surface area (Å²) in [6.07, 6.45) is 0. The first-order valence-corrected chi connectivity index (χ1v) is 11.0. The van der Waals surface area contributed by atoms with E-state index in [0.717, 1.165) is 16.5 Å². The van der Waals surface area contributed by atoms with E-state index in [0.29, 0.717) is 38.3 Å². The molecule has 0 unspecified atom stereocenters. The Morgan fingerprint density at radius 2 is 1.57 bits per heavy atom. The van der Waals surface area contributed by atoms with Gasteiger partial charge < -0.3 is 4.98 Å². The minimum atomic E-state index is -3.33. The molecule has 1 aliphatic heterocycles. The van der Waals surface area contributed by atoms with E-state index in [1.165, 1.54) is 0 Å². The fourth-order valence-electron chi connectivity index (χ4n) is 3.59. The Hall–Kier alpha value is -2.48. The molecule has 1 N–H and O–H groups in total. The molecule has 0 spiro atoms. The minimum absolute atomic E-state index is 0.0260. The van der Waals surface area contributed by atoms with Gasteiger partial charge in [0.25, 0.3) is 5.56 Å². The zero-order chi connectivity index (χ0) is 19.6. The van der Waals surface area contributed by atoms with E-state index in [4.69, 9.17) is 0 Å². The van der Waals surface area contributed by atoms with Gasteiger partial charge in [-0.25, -0.2) is 8.42 Å². The molecule has 1 fully saturated rings. The maximum atomic E-state index is 12.7. The van der Waals surface area contributed by atoms with Crippen LogP contribution in [0.1, 0.15) is 11.1 Å². The third kappa shape index (κ3) is 4.16. The van der Waals surface area contributed by atoms with E-state index < -0.39 is 10.0 Å². The summed E-state index contributed by atoms with van der Waals surface area (Å²) in [6.45, 7) is 2.63. The predicted molar refractivity (Wildman–Crippen MR) is 110 cm³/mol. The summed E-state index contributed by atoms with van der Waals surface area (Å²) in [5, 5.41) is 1.00. The highest BCUT2D eigenvalue weighted by molar-refractivity contribution is 7.88. The van der Waals surface area contributed by atoms with Crippen LogP contribution in [0.4, 0.5) is 0 Å². The first kappa shape index (κ1) is 18.9. The van der Waals surface area contributed by atoms with Gasteiger partial charge in [-0.2, -0.15) is 4.31 Å². The number of H-pyrrole nitrogens is 1. The number of pyridine rings is 1. The molecule has 0 atom stereocenters. The number of aromatic nitrogens is 1. The Labute approximate surface area is 164 Å².